The Labute approximate surface area is 107 Å². The van der Waals surface area contributed by atoms with Crippen LogP contribution in [0.5, 0.6) is 0 Å². The number of para-hydroxylation sites is 1. The number of anilines is 2. The van der Waals surface area contributed by atoms with Crippen molar-refractivity contribution in [1.82, 2.24) is 0 Å². The van der Waals surface area contributed by atoms with Crippen LogP contribution in [0.25, 0.3) is 0 Å². The van der Waals surface area contributed by atoms with Gasteiger partial charge in [0.25, 0.3) is 0 Å². The van der Waals surface area contributed by atoms with Gasteiger partial charge in [0.05, 0.1) is 10.6 Å². The van der Waals surface area contributed by atoms with Gasteiger partial charge >= 0.3 is 0 Å². The average Bonchev–Trinajstić information content (AvgIpc) is 2.40. The van der Waals surface area contributed by atoms with E-state index in [-0.39, 0.29) is 5.75 Å². The van der Waals surface area contributed by atoms with Crippen molar-refractivity contribution in [2.24, 2.45) is 0 Å². The molecule has 0 aromatic heterocycles. The second kappa shape index (κ2) is 5.23. The smallest absolute Gasteiger partial charge is 0.178 e. The number of hydrogen-bond acceptors (Lipinski definition) is 3. The third kappa shape index (κ3) is 2.90. The maximum atomic E-state index is 11.7. The van der Waals surface area contributed by atoms with Crippen LogP contribution in [0, 0.1) is 0 Å². The van der Waals surface area contributed by atoms with E-state index < -0.39 is 9.84 Å². The van der Waals surface area contributed by atoms with Gasteiger partial charge in [0, 0.05) is 11.4 Å². The minimum atomic E-state index is -3.12. The van der Waals surface area contributed by atoms with Crippen molar-refractivity contribution in [2.45, 2.75) is 11.8 Å². The van der Waals surface area contributed by atoms with Gasteiger partial charge in [-0.3, -0.25) is 0 Å². The summed E-state index contributed by atoms with van der Waals surface area (Å²) in [4.78, 5) is 0.364. The van der Waals surface area contributed by atoms with Crippen molar-refractivity contribution < 1.29 is 8.42 Å². The molecule has 0 amide bonds. The van der Waals surface area contributed by atoms with Crippen molar-refractivity contribution in [3.8, 4) is 0 Å². The molecule has 2 rings (SSSR count). The van der Waals surface area contributed by atoms with E-state index in [2.05, 4.69) is 5.32 Å². The molecule has 0 heterocycles. The molecule has 94 valence electrons. The Hall–Kier alpha value is -1.81. The monoisotopic (exact) mass is 261 g/mol. The van der Waals surface area contributed by atoms with Gasteiger partial charge in [-0.15, -0.1) is 0 Å². The lowest BCUT2D eigenvalue weighted by atomic mass is 10.3. The first-order valence-corrected chi connectivity index (χ1v) is 7.42. The first kappa shape index (κ1) is 12.6. The van der Waals surface area contributed by atoms with Gasteiger partial charge < -0.3 is 5.32 Å². The summed E-state index contributed by atoms with van der Waals surface area (Å²) in [5, 5.41) is 3.21. The number of sulfone groups is 1. The zero-order valence-corrected chi connectivity index (χ0v) is 10.9. The number of rotatable bonds is 4. The summed E-state index contributed by atoms with van der Waals surface area (Å²) in [6, 6.07) is 16.5. The fraction of sp³-hybridized carbons (Fsp3) is 0.143. The molecule has 0 bridgehead atoms. The Morgan fingerprint density at radius 3 is 2.00 bits per heavy atom. The standard InChI is InChI=1S/C14H15NO2S/c1-2-18(16,17)14-10-8-13(9-11-14)15-12-6-4-3-5-7-12/h3-11,15H,2H2,1H3. The van der Waals surface area contributed by atoms with Gasteiger partial charge in [0.1, 0.15) is 0 Å². The maximum absolute atomic E-state index is 11.7. The van der Waals surface area contributed by atoms with Gasteiger partial charge in [-0.1, -0.05) is 25.1 Å². The summed E-state index contributed by atoms with van der Waals surface area (Å²) in [5.41, 5.74) is 1.85. The quantitative estimate of drug-likeness (QED) is 0.919. The Kier molecular flexibility index (Phi) is 3.67. The van der Waals surface area contributed by atoms with Crippen molar-refractivity contribution >= 4 is 21.2 Å². The van der Waals surface area contributed by atoms with Crippen LogP contribution < -0.4 is 5.32 Å². The molecule has 0 radical (unpaired) electrons. The topological polar surface area (TPSA) is 46.2 Å². The van der Waals surface area contributed by atoms with E-state index in [0.717, 1.165) is 11.4 Å². The zero-order chi connectivity index (χ0) is 13.0. The second-order valence-electron chi connectivity index (χ2n) is 3.92. The summed E-state index contributed by atoms with van der Waals surface area (Å²) >= 11 is 0. The normalized spacial score (nSPS) is 11.2. The lowest BCUT2D eigenvalue weighted by molar-refractivity contribution is 0.597. The first-order valence-electron chi connectivity index (χ1n) is 5.77. The molecule has 18 heavy (non-hydrogen) atoms. The first-order chi connectivity index (χ1) is 8.62. The molecule has 2 aromatic carbocycles. The van der Waals surface area contributed by atoms with Crippen molar-refractivity contribution in [2.75, 3.05) is 11.1 Å². The number of hydrogen-bond donors (Lipinski definition) is 1. The molecule has 0 aliphatic heterocycles. The van der Waals surface area contributed by atoms with E-state index >= 15 is 0 Å². The Balaban J connectivity index is 2.19. The van der Waals surface area contributed by atoms with E-state index in [1.807, 2.05) is 30.3 Å². The van der Waals surface area contributed by atoms with Crippen LogP contribution in [-0.4, -0.2) is 14.2 Å². The summed E-state index contributed by atoms with van der Waals surface area (Å²) in [5.74, 6) is 0.123. The lowest BCUT2D eigenvalue weighted by Gasteiger charge is -2.07. The molecule has 0 aliphatic carbocycles. The van der Waals surface area contributed by atoms with Crippen LogP contribution in [0.15, 0.2) is 59.5 Å². The van der Waals surface area contributed by atoms with Crippen LogP contribution in [0.2, 0.25) is 0 Å². The molecule has 4 heteroatoms. The SMILES string of the molecule is CCS(=O)(=O)c1ccc(Nc2ccccc2)cc1. The third-order valence-corrected chi connectivity index (χ3v) is 4.41. The van der Waals surface area contributed by atoms with E-state index in [0.29, 0.717) is 4.90 Å². The van der Waals surface area contributed by atoms with E-state index in [1.54, 1.807) is 31.2 Å². The van der Waals surface area contributed by atoms with E-state index in [4.69, 9.17) is 0 Å². The highest BCUT2D eigenvalue weighted by Gasteiger charge is 2.10. The molecule has 0 spiro atoms. The predicted octanol–water partition coefficient (Wildman–Crippen LogP) is 3.22. The Bertz CT molecular complexity index is 604. The lowest BCUT2D eigenvalue weighted by Crippen LogP contribution is -2.03. The van der Waals surface area contributed by atoms with Gasteiger partial charge in [0.15, 0.2) is 9.84 Å². The fourth-order valence-corrected chi connectivity index (χ4v) is 2.48. The third-order valence-electron chi connectivity index (χ3n) is 2.66. The summed E-state index contributed by atoms with van der Waals surface area (Å²) < 4.78 is 23.3. The fourth-order valence-electron chi connectivity index (χ4n) is 1.60. The molecular formula is C14H15NO2S. The van der Waals surface area contributed by atoms with E-state index in [9.17, 15) is 8.42 Å². The molecule has 2 aromatic rings. The summed E-state index contributed by atoms with van der Waals surface area (Å²) in [6.45, 7) is 1.64. The van der Waals surface area contributed by atoms with Crippen LogP contribution in [0.4, 0.5) is 11.4 Å². The minimum absolute atomic E-state index is 0.123. The van der Waals surface area contributed by atoms with Gasteiger partial charge in [-0.25, -0.2) is 8.42 Å². The van der Waals surface area contributed by atoms with E-state index in [1.165, 1.54) is 0 Å². The molecule has 0 fully saturated rings. The van der Waals surface area contributed by atoms with Gasteiger partial charge in [0.2, 0.25) is 0 Å². The summed E-state index contributed by atoms with van der Waals surface area (Å²) in [6.07, 6.45) is 0. The van der Waals surface area contributed by atoms with Crippen LogP contribution in [0.3, 0.4) is 0 Å². The van der Waals surface area contributed by atoms with Crippen molar-refractivity contribution in [1.29, 1.82) is 0 Å². The van der Waals surface area contributed by atoms with Crippen LogP contribution in [0.1, 0.15) is 6.92 Å². The highest BCUT2D eigenvalue weighted by molar-refractivity contribution is 7.91. The Morgan fingerprint density at radius 1 is 0.889 bits per heavy atom. The number of benzene rings is 2. The molecule has 0 aliphatic rings. The van der Waals surface area contributed by atoms with Gasteiger partial charge in [-0.2, -0.15) is 0 Å². The number of nitrogens with one attached hydrogen (secondary N) is 1. The highest BCUT2D eigenvalue weighted by atomic mass is 32.2. The minimum Gasteiger partial charge on any atom is -0.356 e. The highest BCUT2D eigenvalue weighted by Crippen LogP contribution is 2.19. The second-order valence-corrected chi connectivity index (χ2v) is 6.20. The van der Waals surface area contributed by atoms with Gasteiger partial charge in [-0.05, 0) is 36.4 Å². The molecule has 3 nitrogen and oxygen atoms in total. The zero-order valence-electron chi connectivity index (χ0n) is 10.1. The Morgan fingerprint density at radius 2 is 1.44 bits per heavy atom. The largest absolute Gasteiger partial charge is 0.356 e. The molecule has 0 saturated heterocycles. The molecular weight excluding hydrogens is 246 g/mol. The van der Waals surface area contributed by atoms with Crippen LogP contribution >= 0.6 is 0 Å². The molecule has 0 atom stereocenters. The molecule has 0 saturated carbocycles. The van der Waals surface area contributed by atoms with Crippen molar-refractivity contribution in [3.05, 3.63) is 54.6 Å². The maximum Gasteiger partial charge on any atom is 0.178 e. The molecule has 0 unspecified atom stereocenters. The van der Waals surface area contributed by atoms with Crippen LogP contribution in [-0.2, 0) is 9.84 Å². The summed E-state index contributed by atoms with van der Waals surface area (Å²) in [7, 11) is -3.12. The predicted molar refractivity (Wildman–Crippen MR) is 73.9 cm³/mol. The molecule has 1 N–H and O–H groups in total. The van der Waals surface area contributed by atoms with Crippen molar-refractivity contribution in [3.63, 3.8) is 0 Å². The average molecular weight is 261 g/mol.